The Labute approximate surface area is 190 Å². The summed E-state index contributed by atoms with van der Waals surface area (Å²) < 4.78 is 6.20. The number of aromatic nitrogens is 1. The molecule has 1 fully saturated rings. The predicted octanol–water partition coefficient (Wildman–Crippen LogP) is 4.38. The van der Waals surface area contributed by atoms with Gasteiger partial charge in [-0.1, -0.05) is 23.7 Å². The minimum absolute atomic E-state index is 0.115. The third-order valence-corrected chi connectivity index (χ3v) is 7.55. The highest BCUT2D eigenvalue weighted by Crippen LogP contribution is 2.50. The molecule has 2 aliphatic rings. The first-order chi connectivity index (χ1) is 14.5. The van der Waals surface area contributed by atoms with Gasteiger partial charge in [-0.25, -0.2) is 0 Å². The Morgan fingerprint density at radius 3 is 2.77 bits per heavy atom. The number of ether oxygens (including phenoxy) is 1. The number of thiophene rings is 1. The Hall–Kier alpha value is -2.42. The van der Waals surface area contributed by atoms with Crippen molar-refractivity contribution in [1.82, 2.24) is 14.8 Å². The number of fused-ring (bicyclic) bond motifs is 3. The molecule has 1 aromatic carbocycles. The Morgan fingerprint density at radius 2 is 2.03 bits per heavy atom. The molecule has 152 valence electrons. The van der Waals surface area contributed by atoms with Crippen molar-refractivity contribution in [2.24, 2.45) is 0 Å². The summed E-state index contributed by atoms with van der Waals surface area (Å²) in [6.07, 6.45) is 3.27. The zero-order chi connectivity index (χ0) is 21.0. The summed E-state index contributed by atoms with van der Waals surface area (Å²) in [7, 11) is 1.53. The second kappa shape index (κ2) is 7.08. The number of carbonyl (C=O) groups is 2. The molecular weight excluding hydrogens is 490 g/mol. The van der Waals surface area contributed by atoms with Crippen molar-refractivity contribution in [3.05, 3.63) is 79.2 Å². The monoisotopic (exact) mass is 503 g/mol. The zero-order valence-electron chi connectivity index (χ0n) is 15.8. The first-order valence-electron chi connectivity index (χ1n) is 9.15. The average molecular weight is 505 g/mol. The van der Waals surface area contributed by atoms with Crippen molar-refractivity contribution in [2.45, 2.75) is 5.66 Å². The molecule has 4 heterocycles. The molecule has 9 heteroatoms. The molecule has 0 spiro atoms. The van der Waals surface area contributed by atoms with E-state index < -0.39 is 5.66 Å². The summed E-state index contributed by atoms with van der Waals surface area (Å²) in [6, 6.07) is 8.96. The summed E-state index contributed by atoms with van der Waals surface area (Å²) in [4.78, 5) is 34.8. The number of halogens is 2. The SMILES string of the molecule is COc1c(C(=O)N2CCN3C(=O)c4ccncc4C32c2ccc(Cl)cc2)csc1Br. The zero-order valence-corrected chi connectivity index (χ0v) is 18.9. The molecule has 0 aliphatic carbocycles. The van der Waals surface area contributed by atoms with Gasteiger partial charge in [-0.05, 0) is 34.1 Å². The van der Waals surface area contributed by atoms with E-state index >= 15 is 0 Å². The minimum Gasteiger partial charge on any atom is -0.494 e. The van der Waals surface area contributed by atoms with Gasteiger partial charge in [0.2, 0.25) is 0 Å². The van der Waals surface area contributed by atoms with Crippen molar-refractivity contribution in [1.29, 1.82) is 0 Å². The number of benzene rings is 1. The molecule has 1 atom stereocenters. The van der Waals surface area contributed by atoms with Gasteiger partial charge in [0, 0.05) is 47.0 Å². The molecule has 0 saturated carbocycles. The molecule has 2 amide bonds. The van der Waals surface area contributed by atoms with Crippen LogP contribution in [0.4, 0.5) is 0 Å². The van der Waals surface area contributed by atoms with Gasteiger partial charge in [0.15, 0.2) is 11.4 Å². The van der Waals surface area contributed by atoms with Gasteiger partial charge in [-0.15, -0.1) is 11.3 Å². The molecule has 1 saturated heterocycles. The van der Waals surface area contributed by atoms with Gasteiger partial charge < -0.3 is 14.5 Å². The second-order valence-corrected chi connectivity index (χ2v) is 9.60. The lowest BCUT2D eigenvalue weighted by atomic mass is 9.90. The Bertz CT molecular complexity index is 1180. The maximum absolute atomic E-state index is 13.8. The molecule has 0 N–H and O–H groups in total. The van der Waals surface area contributed by atoms with Gasteiger partial charge in [-0.3, -0.25) is 14.6 Å². The summed E-state index contributed by atoms with van der Waals surface area (Å²) >= 11 is 11.0. The largest absolute Gasteiger partial charge is 0.494 e. The van der Waals surface area contributed by atoms with E-state index in [1.165, 1.54) is 18.4 Å². The van der Waals surface area contributed by atoms with Gasteiger partial charge >= 0.3 is 0 Å². The number of hydrogen-bond acceptors (Lipinski definition) is 5. The summed E-state index contributed by atoms with van der Waals surface area (Å²) in [6.45, 7) is 0.799. The number of rotatable bonds is 3. The standard InChI is InChI=1S/C21H15BrClN3O3S/c1-29-17-15(11-30-18(17)22)20(28)26-9-8-25-19(27)14-6-7-24-10-16(14)21(25,26)12-2-4-13(23)5-3-12/h2-7,10-11H,8-9H2,1H3. The Morgan fingerprint density at radius 1 is 1.27 bits per heavy atom. The average Bonchev–Trinajstić information content (AvgIpc) is 3.40. The Balaban J connectivity index is 1.75. The minimum atomic E-state index is -1.08. The van der Waals surface area contributed by atoms with Gasteiger partial charge in [-0.2, -0.15) is 0 Å². The lowest BCUT2D eigenvalue weighted by molar-refractivity contribution is 0.0373. The first-order valence-corrected chi connectivity index (χ1v) is 11.2. The van der Waals surface area contributed by atoms with E-state index in [4.69, 9.17) is 16.3 Å². The van der Waals surface area contributed by atoms with E-state index in [2.05, 4.69) is 20.9 Å². The highest BCUT2D eigenvalue weighted by molar-refractivity contribution is 9.11. The highest BCUT2D eigenvalue weighted by Gasteiger charge is 2.60. The molecule has 3 aromatic rings. The van der Waals surface area contributed by atoms with Crippen LogP contribution in [-0.4, -0.2) is 46.8 Å². The molecule has 2 aromatic heterocycles. The number of hydrogen-bond donors (Lipinski definition) is 0. The number of pyridine rings is 1. The number of carbonyl (C=O) groups excluding carboxylic acids is 2. The van der Waals surface area contributed by atoms with E-state index in [1.807, 2.05) is 12.1 Å². The molecule has 2 aliphatic heterocycles. The number of amides is 2. The van der Waals surface area contributed by atoms with Crippen LogP contribution < -0.4 is 4.74 Å². The van der Waals surface area contributed by atoms with Crippen molar-refractivity contribution in [3.8, 4) is 5.75 Å². The summed E-state index contributed by atoms with van der Waals surface area (Å²) in [5, 5.41) is 2.35. The van der Waals surface area contributed by atoms with Crippen LogP contribution in [0.2, 0.25) is 5.02 Å². The van der Waals surface area contributed by atoms with Crippen molar-refractivity contribution in [3.63, 3.8) is 0 Å². The third-order valence-electron chi connectivity index (χ3n) is 5.63. The Kier molecular flexibility index (Phi) is 4.61. The third kappa shape index (κ3) is 2.50. The molecule has 0 bridgehead atoms. The first kappa shape index (κ1) is 19.5. The lowest BCUT2D eigenvalue weighted by Gasteiger charge is -2.40. The maximum atomic E-state index is 13.8. The number of methoxy groups -OCH3 is 1. The van der Waals surface area contributed by atoms with E-state index in [1.54, 1.807) is 45.8 Å². The lowest BCUT2D eigenvalue weighted by Crippen LogP contribution is -2.51. The molecule has 6 nitrogen and oxygen atoms in total. The van der Waals surface area contributed by atoms with Crippen LogP contribution in [-0.2, 0) is 5.66 Å². The van der Waals surface area contributed by atoms with Crippen LogP contribution >= 0.6 is 38.9 Å². The van der Waals surface area contributed by atoms with E-state index in [0.717, 1.165) is 9.35 Å². The topological polar surface area (TPSA) is 62.7 Å². The summed E-state index contributed by atoms with van der Waals surface area (Å²) in [5.41, 5.74) is 1.40. The van der Waals surface area contributed by atoms with Crippen LogP contribution in [0.3, 0.4) is 0 Å². The van der Waals surface area contributed by atoms with Crippen molar-refractivity contribution < 1.29 is 14.3 Å². The van der Waals surface area contributed by atoms with Crippen LogP contribution in [0.15, 0.2) is 51.9 Å². The maximum Gasteiger partial charge on any atom is 0.260 e. The summed E-state index contributed by atoms with van der Waals surface area (Å²) in [5.74, 6) is 0.164. The fourth-order valence-electron chi connectivity index (χ4n) is 4.42. The fourth-order valence-corrected chi connectivity index (χ4v) is 5.93. The molecule has 1 unspecified atom stereocenters. The molecule has 5 rings (SSSR count). The van der Waals surface area contributed by atoms with Crippen molar-refractivity contribution in [2.75, 3.05) is 20.2 Å². The second-order valence-electron chi connectivity index (χ2n) is 6.97. The van der Waals surface area contributed by atoms with E-state index in [-0.39, 0.29) is 11.8 Å². The highest BCUT2D eigenvalue weighted by atomic mass is 79.9. The molecule has 0 radical (unpaired) electrons. The van der Waals surface area contributed by atoms with Crippen molar-refractivity contribution >= 4 is 50.7 Å². The molecular formula is C21H15BrClN3O3S. The van der Waals surface area contributed by atoms with Crippen LogP contribution in [0.25, 0.3) is 0 Å². The van der Waals surface area contributed by atoms with Crippen LogP contribution in [0.1, 0.15) is 31.8 Å². The quantitative estimate of drug-likeness (QED) is 0.531. The molecule has 30 heavy (non-hydrogen) atoms. The van der Waals surface area contributed by atoms with E-state index in [0.29, 0.717) is 40.6 Å². The predicted molar refractivity (Wildman–Crippen MR) is 117 cm³/mol. The van der Waals surface area contributed by atoms with Crippen LogP contribution in [0, 0.1) is 0 Å². The van der Waals surface area contributed by atoms with Gasteiger partial charge in [0.25, 0.3) is 11.8 Å². The van der Waals surface area contributed by atoms with E-state index in [9.17, 15) is 9.59 Å². The normalized spacial score (nSPS) is 19.8. The fraction of sp³-hybridized carbons (Fsp3) is 0.190. The number of nitrogens with zero attached hydrogens (tertiary/aromatic N) is 3. The van der Waals surface area contributed by atoms with Gasteiger partial charge in [0.1, 0.15) is 3.79 Å². The van der Waals surface area contributed by atoms with Gasteiger partial charge in [0.05, 0.1) is 18.2 Å². The smallest absolute Gasteiger partial charge is 0.260 e. The van der Waals surface area contributed by atoms with Crippen LogP contribution in [0.5, 0.6) is 5.75 Å².